The summed E-state index contributed by atoms with van der Waals surface area (Å²) in [4.78, 5) is 2.17. The Morgan fingerprint density at radius 1 is 1.43 bits per heavy atom. The fraction of sp³-hybridized carbons (Fsp3) is 1.00. The van der Waals surface area contributed by atoms with Gasteiger partial charge < -0.3 is 10.2 Å². The molecule has 1 saturated heterocycles. The van der Waals surface area contributed by atoms with Crippen molar-refractivity contribution < 1.29 is 13.2 Å². The van der Waals surface area contributed by atoms with E-state index in [0.717, 1.165) is 19.4 Å². The van der Waals surface area contributed by atoms with Crippen LogP contribution in [0.15, 0.2) is 0 Å². The van der Waals surface area contributed by atoms with Crippen LogP contribution >= 0.6 is 0 Å². The van der Waals surface area contributed by atoms with E-state index in [1.165, 1.54) is 0 Å². The number of nitrogens with one attached hydrogen (secondary N) is 1. The van der Waals surface area contributed by atoms with E-state index in [1.54, 1.807) is 0 Å². The molecule has 0 aromatic heterocycles. The monoisotopic (exact) mass is 210 g/mol. The Morgan fingerprint density at radius 3 is 2.57 bits per heavy atom. The zero-order valence-electron chi connectivity index (χ0n) is 8.56. The minimum absolute atomic E-state index is 0.0165. The van der Waals surface area contributed by atoms with Gasteiger partial charge in [0, 0.05) is 12.1 Å². The summed E-state index contributed by atoms with van der Waals surface area (Å²) in [5.41, 5.74) is 0. The zero-order chi connectivity index (χ0) is 10.8. The molecule has 1 aliphatic rings. The number of rotatable bonds is 2. The van der Waals surface area contributed by atoms with E-state index in [4.69, 9.17) is 0 Å². The van der Waals surface area contributed by atoms with E-state index < -0.39 is 12.7 Å². The summed E-state index contributed by atoms with van der Waals surface area (Å²) in [5, 5.41) is 2.56. The quantitative estimate of drug-likeness (QED) is 0.745. The van der Waals surface area contributed by atoms with Crippen LogP contribution in [-0.2, 0) is 0 Å². The molecule has 0 aromatic carbocycles. The summed E-state index contributed by atoms with van der Waals surface area (Å²) in [6, 6.07) is 0.386. The van der Waals surface area contributed by atoms with Crippen LogP contribution < -0.4 is 5.32 Å². The fourth-order valence-corrected chi connectivity index (χ4v) is 1.73. The molecule has 0 radical (unpaired) electrons. The number of piperidine rings is 1. The minimum atomic E-state index is -4.09. The fourth-order valence-electron chi connectivity index (χ4n) is 1.73. The zero-order valence-corrected chi connectivity index (χ0v) is 8.56. The van der Waals surface area contributed by atoms with Crippen molar-refractivity contribution in [3.8, 4) is 0 Å². The van der Waals surface area contributed by atoms with Crippen molar-refractivity contribution in [2.45, 2.75) is 38.0 Å². The van der Waals surface area contributed by atoms with Crippen molar-refractivity contribution >= 4 is 0 Å². The lowest BCUT2D eigenvalue weighted by molar-refractivity contribution is -0.127. The molecule has 1 fully saturated rings. The molecule has 0 amide bonds. The highest BCUT2D eigenvalue weighted by atomic mass is 19.4. The average molecular weight is 210 g/mol. The summed E-state index contributed by atoms with van der Waals surface area (Å²) in [5.74, 6) is 0. The molecule has 1 aliphatic heterocycles. The third kappa shape index (κ3) is 3.84. The number of alkyl halides is 3. The first-order valence-corrected chi connectivity index (χ1v) is 4.89. The second kappa shape index (κ2) is 4.49. The predicted octanol–water partition coefficient (Wildman–Crippen LogP) is 1.62. The number of halogens is 3. The van der Waals surface area contributed by atoms with Crippen LogP contribution in [0.25, 0.3) is 0 Å². The summed E-state index contributed by atoms with van der Waals surface area (Å²) in [6.07, 6.45) is -2.49. The summed E-state index contributed by atoms with van der Waals surface area (Å²) >= 11 is 0. The molecule has 2 unspecified atom stereocenters. The SMILES string of the molecule is CC1CC(NCC(F)(F)F)CCN1C. The molecule has 0 saturated carbocycles. The van der Waals surface area contributed by atoms with Gasteiger partial charge in [0.05, 0.1) is 6.54 Å². The van der Waals surface area contributed by atoms with Gasteiger partial charge in [-0.25, -0.2) is 0 Å². The van der Waals surface area contributed by atoms with Crippen LogP contribution in [0.5, 0.6) is 0 Å². The van der Waals surface area contributed by atoms with Gasteiger partial charge in [-0.3, -0.25) is 0 Å². The summed E-state index contributed by atoms with van der Waals surface area (Å²) < 4.78 is 35.7. The van der Waals surface area contributed by atoms with Crippen molar-refractivity contribution in [3.63, 3.8) is 0 Å². The first kappa shape index (κ1) is 11.8. The lowest BCUT2D eigenvalue weighted by Crippen LogP contribution is -2.47. The Morgan fingerprint density at radius 2 is 2.07 bits per heavy atom. The average Bonchev–Trinajstić information content (AvgIpc) is 2.06. The normalized spacial score (nSPS) is 30.6. The highest BCUT2D eigenvalue weighted by Gasteiger charge is 2.30. The van der Waals surface area contributed by atoms with Crippen molar-refractivity contribution in [1.29, 1.82) is 0 Å². The molecule has 84 valence electrons. The van der Waals surface area contributed by atoms with Gasteiger partial charge in [-0.1, -0.05) is 0 Å². The molecular formula is C9H17F3N2. The Hall–Kier alpha value is -0.290. The maximum Gasteiger partial charge on any atom is 0.401 e. The van der Waals surface area contributed by atoms with E-state index in [9.17, 15) is 13.2 Å². The van der Waals surface area contributed by atoms with Gasteiger partial charge in [0.1, 0.15) is 0 Å². The van der Waals surface area contributed by atoms with Gasteiger partial charge in [-0.15, -0.1) is 0 Å². The highest BCUT2D eigenvalue weighted by Crippen LogP contribution is 2.18. The Labute approximate surface area is 82.5 Å². The van der Waals surface area contributed by atoms with Gasteiger partial charge in [-0.05, 0) is 33.4 Å². The molecule has 1 rings (SSSR count). The number of likely N-dealkylation sites (tertiary alicyclic amines) is 1. The molecule has 2 atom stereocenters. The van der Waals surface area contributed by atoms with E-state index in [-0.39, 0.29) is 6.04 Å². The van der Waals surface area contributed by atoms with Crippen LogP contribution in [0.4, 0.5) is 13.2 Å². The van der Waals surface area contributed by atoms with Crippen LogP contribution in [-0.4, -0.2) is 43.3 Å². The molecule has 14 heavy (non-hydrogen) atoms. The van der Waals surface area contributed by atoms with Crippen molar-refractivity contribution in [3.05, 3.63) is 0 Å². The topological polar surface area (TPSA) is 15.3 Å². The van der Waals surface area contributed by atoms with Gasteiger partial charge in [0.25, 0.3) is 0 Å². The Bertz CT molecular complexity index is 181. The minimum Gasteiger partial charge on any atom is -0.306 e. The van der Waals surface area contributed by atoms with Gasteiger partial charge >= 0.3 is 6.18 Å². The number of nitrogens with zero attached hydrogens (tertiary/aromatic N) is 1. The van der Waals surface area contributed by atoms with Gasteiger partial charge in [0.2, 0.25) is 0 Å². The molecule has 1 heterocycles. The van der Waals surface area contributed by atoms with Gasteiger partial charge in [0.15, 0.2) is 0 Å². The number of hydrogen-bond donors (Lipinski definition) is 1. The third-order valence-corrected chi connectivity index (χ3v) is 2.80. The summed E-state index contributed by atoms with van der Waals surface area (Å²) in [7, 11) is 2.00. The molecule has 0 aliphatic carbocycles. The van der Waals surface area contributed by atoms with Crippen molar-refractivity contribution in [2.24, 2.45) is 0 Å². The van der Waals surface area contributed by atoms with E-state index in [2.05, 4.69) is 10.2 Å². The third-order valence-electron chi connectivity index (χ3n) is 2.80. The summed E-state index contributed by atoms with van der Waals surface area (Å²) in [6.45, 7) is 2.05. The number of hydrogen-bond acceptors (Lipinski definition) is 2. The molecule has 1 N–H and O–H groups in total. The van der Waals surface area contributed by atoms with Crippen LogP contribution in [0, 0.1) is 0 Å². The van der Waals surface area contributed by atoms with E-state index in [0.29, 0.717) is 6.04 Å². The molecule has 2 nitrogen and oxygen atoms in total. The molecule has 5 heteroatoms. The largest absolute Gasteiger partial charge is 0.401 e. The van der Waals surface area contributed by atoms with Crippen LogP contribution in [0.3, 0.4) is 0 Å². The molecule has 0 aromatic rings. The maximum atomic E-state index is 11.9. The van der Waals surface area contributed by atoms with E-state index >= 15 is 0 Å². The Kier molecular flexibility index (Phi) is 3.78. The molecule has 0 spiro atoms. The Balaban J connectivity index is 2.27. The second-order valence-corrected chi connectivity index (χ2v) is 4.05. The first-order chi connectivity index (χ1) is 6.38. The highest BCUT2D eigenvalue weighted by molar-refractivity contribution is 4.81. The lowest BCUT2D eigenvalue weighted by Gasteiger charge is -2.35. The van der Waals surface area contributed by atoms with E-state index in [1.807, 2.05) is 14.0 Å². The van der Waals surface area contributed by atoms with Crippen LogP contribution in [0.1, 0.15) is 19.8 Å². The second-order valence-electron chi connectivity index (χ2n) is 4.05. The predicted molar refractivity (Wildman–Crippen MR) is 49.2 cm³/mol. The smallest absolute Gasteiger partial charge is 0.306 e. The lowest BCUT2D eigenvalue weighted by atomic mass is 9.99. The van der Waals surface area contributed by atoms with Gasteiger partial charge in [-0.2, -0.15) is 13.2 Å². The van der Waals surface area contributed by atoms with Crippen molar-refractivity contribution in [1.82, 2.24) is 10.2 Å². The standard InChI is InChI=1S/C9H17F3N2/c1-7-5-8(3-4-14(7)2)13-6-9(10,11)12/h7-8,13H,3-6H2,1-2H3. The van der Waals surface area contributed by atoms with Crippen LogP contribution in [0.2, 0.25) is 0 Å². The first-order valence-electron chi connectivity index (χ1n) is 4.89. The molecular weight excluding hydrogens is 193 g/mol. The molecule has 0 bridgehead atoms. The van der Waals surface area contributed by atoms with Crippen molar-refractivity contribution in [2.75, 3.05) is 20.1 Å². The maximum absolute atomic E-state index is 11.9.